The number of amides is 1. The number of hydrogen-bond acceptors (Lipinski definition) is 7. The highest BCUT2D eigenvalue weighted by atomic mass is 32.2. The maximum absolute atomic E-state index is 12.6. The molecule has 3 heterocycles. The van der Waals surface area contributed by atoms with Crippen molar-refractivity contribution in [1.29, 1.82) is 0 Å². The highest BCUT2D eigenvalue weighted by Gasteiger charge is 2.33. The maximum Gasteiger partial charge on any atom is 0.257 e. The fourth-order valence-corrected chi connectivity index (χ4v) is 5.22. The first kappa shape index (κ1) is 19.0. The van der Waals surface area contributed by atoms with Gasteiger partial charge in [0.1, 0.15) is 0 Å². The Morgan fingerprint density at radius 1 is 1.36 bits per heavy atom. The van der Waals surface area contributed by atoms with Crippen molar-refractivity contribution in [2.45, 2.75) is 11.4 Å². The Morgan fingerprint density at radius 2 is 2.18 bits per heavy atom. The predicted octanol–water partition coefficient (Wildman–Crippen LogP) is 1.31. The lowest BCUT2D eigenvalue weighted by Crippen LogP contribution is -2.35. The van der Waals surface area contributed by atoms with Crippen LogP contribution < -0.4 is 10.2 Å². The quantitative estimate of drug-likeness (QED) is 0.778. The Balaban J connectivity index is 1.48. The summed E-state index contributed by atoms with van der Waals surface area (Å²) in [6.07, 6.45) is 3.42. The fraction of sp³-hybridized carbons (Fsp3) is 0.353. The summed E-state index contributed by atoms with van der Waals surface area (Å²) in [5, 5.41) is 7.54. The molecule has 4 rings (SSSR count). The minimum Gasteiger partial charge on any atom is -0.319 e. The van der Waals surface area contributed by atoms with Gasteiger partial charge in [-0.2, -0.15) is 5.10 Å². The van der Waals surface area contributed by atoms with Gasteiger partial charge in [-0.25, -0.2) is 8.42 Å². The molecule has 2 aliphatic heterocycles. The van der Waals surface area contributed by atoms with Crippen LogP contribution in [0, 0.1) is 0 Å². The van der Waals surface area contributed by atoms with Crippen LogP contribution in [0.15, 0.2) is 39.9 Å². The van der Waals surface area contributed by atoms with E-state index in [-0.39, 0.29) is 11.7 Å². The molecule has 0 fully saturated rings. The highest BCUT2D eigenvalue weighted by molar-refractivity contribution is 8.15. The normalized spacial score (nSPS) is 17.2. The highest BCUT2D eigenvalue weighted by Crippen LogP contribution is 2.42. The smallest absolute Gasteiger partial charge is 0.257 e. The van der Waals surface area contributed by atoms with E-state index in [0.717, 1.165) is 23.7 Å². The Kier molecular flexibility index (Phi) is 4.89. The molecule has 28 heavy (non-hydrogen) atoms. The van der Waals surface area contributed by atoms with Gasteiger partial charge in [0, 0.05) is 29.7 Å². The monoisotopic (exact) mass is 420 g/mol. The molecule has 0 saturated heterocycles. The number of benzene rings is 1. The predicted molar refractivity (Wildman–Crippen MR) is 110 cm³/mol. The van der Waals surface area contributed by atoms with Crippen LogP contribution in [0.2, 0.25) is 0 Å². The third kappa shape index (κ3) is 3.91. The zero-order chi connectivity index (χ0) is 19.9. The minimum atomic E-state index is -3.40. The number of hydrogen-bond donors (Lipinski definition) is 1. The van der Waals surface area contributed by atoms with Crippen molar-refractivity contribution in [2.75, 3.05) is 43.2 Å². The third-order valence-corrected chi connectivity index (χ3v) is 6.71. The Bertz CT molecular complexity index is 1060. The standard InChI is InChI=1S/C17H20N6O3S2/c1-21(2)5-6-22-11-13(10-18-22)19-16(24)12-3-4-14-15(9-12)27-17-20-28(25,26)8-7-23(14)17/h3-4,9-11H,5-8H2,1-2H3,(H,19,24). The molecule has 11 heteroatoms. The topological polar surface area (TPSA) is 99.9 Å². The molecule has 0 atom stereocenters. The molecule has 0 radical (unpaired) electrons. The number of rotatable bonds is 5. The van der Waals surface area contributed by atoms with Crippen LogP contribution in [-0.2, 0) is 16.6 Å². The summed E-state index contributed by atoms with van der Waals surface area (Å²) in [5.74, 6) is -0.244. The number of sulfonamides is 1. The van der Waals surface area contributed by atoms with Crippen molar-refractivity contribution in [3.63, 3.8) is 0 Å². The van der Waals surface area contributed by atoms with Crippen LogP contribution in [-0.4, -0.2) is 67.1 Å². The van der Waals surface area contributed by atoms with Crippen LogP contribution in [0.5, 0.6) is 0 Å². The van der Waals surface area contributed by atoms with Crippen molar-refractivity contribution >= 4 is 44.2 Å². The number of carbonyl (C=O) groups is 1. The summed E-state index contributed by atoms with van der Waals surface area (Å²) in [6, 6.07) is 5.33. The molecule has 1 aromatic heterocycles. The van der Waals surface area contributed by atoms with E-state index < -0.39 is 10.0 Å². The number of likely N-dealkylation sites (N-methyl/N-ethyl adjacent to an activating group) is 1. The first-order valence-electron chi connectivity index (χ1n) is 8.71. The summed E-state index contributed by atoms with van der Waals surface area (Å²) < 4.78 is 29.0. The van der Waals surface area contributed by atoms with Gasteiger partial charge < -0.3 is 15.1 Å². The van der Waals surface area contributed by atoms with Crippen molar-refractivity contribution in [3.05, 3.63) is 36.2 Å². The number of fused-ring (bicyclic) bond motifs is 3. The van der Waals surface area contributed by atoms with Crippen LogP contribution in [0.25, 0.3) is 0 Å². The SMILES string of the molecule is CN(C)CCn1cc(NC(=O)c2ccc3c(c2)SC2=NS(=O)(=O)CCN23)cn1. The number of nitrogens with one attached hydrogen (secondary N) is 1. The van der Waals surface area contributed by atoms with E-state index in [1.54, 1.807) is 29.2 Å². The molecule has 0 unspecified atom stereocenters. The molecule has 2 aliphatic rings. The van der Waals surface area contributed by atoms with E-state index in [1.165, 1.54) is 11.8 Å². The Morgan fingerprint density at radius 3 is 2.96 bits per heavy atom. The number of anilines is 2. The van der Waals surface area contributed by atoms with Gasteiger partial charge in [0.2, 0.25) is 0 Å². The second-order valence-corrected chi connectivity index (χ2v) is 9.61. The van der Waals surface area contributed by atoms with Crippen LogP contribution in [0.3, 0.4) is 0 Å². The number of thioether (sulfide) groups is 1. The summed E-state index contributed by atoms with van der Waals surface area (Å²) in [5.41, 5.74) is 2.01. The zero-order valence-corrected chi connectivity index (χ0v) is 17.1. The number of aromatic nitrogens is 2. The van der Waals surface area contributed by atoms with E-state index in [9.17, 15) is 13.2 Å². The molecule has 0 bridgehead atoms. The van der Waals surface area contributed by atoms with Crippen molar-refractivity contribution in [3.8, 4) is 0 Å². The lowest BCUT2D eigenvalue weighted by Gasteiger charge is -2.22. The van der Waals surface area contributed by atoms with Crippen LogP contribution in [0.1, 0.15) is 10.4 Å². The summed E-state index contributed by atoms with van der Waals surface area (Å²) in [4.78, 5) is 17.4. The zero-order valence-electron chi connectivity index (χ0n) is 15.5. The first-order chi connectivity index (χ1) is 13.3. The van der Waals surface area contributed by atoms with E-state index in [0.29, 0.717) is 23.0 Å². The molecule has 2 aromatic rings. The van der Waals surface area contributed by atoms with Gasteiger partial charge in [-0.15, -0.1) is 4.40 Å². The number of carbonyl (C=O) groups excluding carboxylic acids is 1. The lowest BCUT2D eigenvalue weighted by molar-refractivity contribution is 0.102. The van der Waals surface area contributed by atoms with Crippen LogP contribution in [0.4, 0.5) is 11.4 Å². The summed E-state index contributed by atoms with van der Waals surface area (Å²) in [7, 11) is 0.588. The Hall–Kier alpha value is -2.37. The molecule has 0 spiro atoms. The van der Waals surface area contributed by atoms with Gasteiger partial charge in [0.25, 0.3) is 15.9 Å². The molecule has 1 aromatic carbocycles. The molecule has 0 saturated carbocycles. The molecule has 1 N–H and O–H groups in total. The van der Waals surface area contributed by atoms with Crippen LogP contribution >= 0.6 is 11.8 Å². The summed E-state index contributed by atoms with van der Waals surface area (Å²) in [6.45, 7) is 1.96. The van der Waals surface area contributed by atoms with Gasteiger partial charge in [-0.05, 0) is 44.1 Å². The van der Waals surface area contributed by atoms with Crippen molar-refractivity contribution < 1.29 is 13.2 Å². The second-order valence-electron chi connectivity index (χ2n) is 6.85. The molecule has 148 valence electrons. The fourth-order valence-electron chi connectivity index (χ4n) is 2.93. The molecule has 0 aliphatic carbocycles. The second kappa shape index (κ2) is 7.22. The van der Waals surface area contributed by atoms with Gasteiger partial charge >= 0.3 is 0 Å². The van der Waals surface area contributed by atoms with Crippen molar-refractivity contribution in [2.24, 2.45) is 4.40 Å². The first-order valence-corrected chi connectivity index (χ1v) is 11.1. The largest absolute Gasteiger partial charge is 0.319 e. The average molecular weight is 421 g/mol. The summed E-state index contributed by atoms with van der Waals surface area (Å²) >= 11 is 1.27. The maximum atomic E-state index is 12.6. The molecule has 1 amide bonds. The Labute approximate surface area is 167 Å². The van der Waals surface area contributed by atoms with E-state index in [1.807, 2.05) is 25.1 Å². The van der Waals surface area contributed by atoms with Crippen molar-refractivity contribution in [1.82, 2.24) is 14.7 Å². The van der Waals surface area contributed by atoms with Gasteiger partial charge in [-0.3, -0.25) is 9.48 Å². The lowest BCUT2D eigenvalue weighted by atomic mass is 10.2. The van der Waals surface area contributed by atoms with Gasteiger partial charge in [0.05, 0.1) is 29.9 Å². The molecule has 9 nitrogen and oxygen atoms in total. The number of nitrogens with zero attached hydrogens (tertiary/aromatic N) is 5. The van der Waals surface area contributed by atoms with E-state index >= 15 is 0 Å². The average Bonchev–Trinajstić information content (AvgIpc) is 3.21. The van der Waals surface area contributed by atoms with Gasteiger partial charge in [0.15, 0.2) is 5.17 Å². The third-order valence-electron chi connectivity index (χ3n) is 4.40. The minimum absolute atomic E-state index is 0.00342. The van der Waals surface area contributed by atoms with Gasteiger partial charge in [-0.1, -0.05) is 0 Å². The molecular weight excluding hydrogens is 400 g/mol. The van der Waals surface area contributed by atoms with E-state index in [4.69, 9.17) is 0 Å². The number of amidine groups is 1. The molecular formula is C17H20N6O3S2. The van der Waals surface area contributed by atoms with E-state index in [2.05, 4.69) is 19.7 Å².